The molecule has 1 atom stereocenters. The van der Waals surface area contributed by atoms with Crippen LogP contribution in [-0.2, 0) is 6.18 Å². The number of nitrogens with one attached hydrogen (secondary N) is 1. The van der Waals surface area contributed by atoms with Gasteiger partial charge in [-0.05, 0) is 61.5 Å². The summed E-state index contributed by atoms with van der Waals surface area (Å²) < 4.78 is 39.1. The van der Waals surface area contributed by atoms with E-state index in [1.165, 1.54) is 17.4 Å². The minimum Gasteiger partial charge on any atom is -0.347 e. The van der Waals surface area contributed by atoms with Gasteiger partial charge in [0.15, 0.2) is 0 Å². The van der Waals surface area contributed by atoms with Crippen molar-refractivity contribution in [3.8, 4) is 0 Å². The second-order valence-electron chi connectivity index (χ2n) is 6.58. The minimum absolute atomic E-state index is 0.149. The van der Waals surface area contributed by atoms with Gasteiger partial charge in [0, 0.05) is 17.3 Å². The van der Waals surface area contributed by atoms with E-state index < -0.39 is 11.7 Å². The van der Waals surface area contributed by atoms with E-state index in [9.17, 15) is 18.0 Å². The predicted molar refractivity (Wildman–Crippen MR) is 87.2 cm³/mol. The molecule has 5 rings (SSSR count). The Kier molecular flexibility index (Phi) is 3.80. The lowest BCUT2D eigenvalue weighted by Crippen LogP contribution is -2.57. The molecule has 3 aliphatic rings. The highest BCUT2D eigenvalue weighted by molar-refractivity contribution is 7.20. The van der Waals surface area contributed by atoms with Gasteiger partial charge in [0.05, 0.1) is 10.4 Å². The highest BCUT2D eigenvalue weighted by Gasteiger charge is 2.35. The predicted octanol–water partition coefficient (Wildman–Crippen LogP) is 3.74. The first-order valence-corrected chi connectivity index (χ1v) is 8.86. The van der Waals surface area contributed by atoms with Gasteiger partial charge in [0.25, 0.3) is 5.91 Å². The second-order valence-corrected chi connectivity index (χ2v) is 7.66. The molecular weight excluding hydrogens is 337 g/mol. The van der Waals surface area contributed by atoms with Crippen molar-refractivity contribution in [3.05, 3.63) is 34.7 Å². The smallest absolute Gasteiger partial charge is 0.347 e. The zero-order valence-corrected chi connectivity index (χ0v) is 13.7. The van der Waals surface area contributed by atoms with Crippen molar-refractivity contribution in [2.75, 3.05) is 19.6 Å². The van der Waals surface area contributed by atoms with E-state index in [4.69, 9.17) is 0 Å². The van der Waals surface area contributed by atoms with Gasteiger partial charge in [-0.1, -0.05) is 0 Å². The Morgan fingerprint density at radius 1 is 1.21 bits per heavy atom. The molecule has 1 amide bonds. The number of carbonyl (C=O) groups excluding carboxylic acids is 1. The van der Waals surface area contributed by atoms with E-state index in [1.54, 1.807) is 6.07 Å². The molecule has 3 nitrogen and oxygen atoms in total. The molecule has 128 valence electrons. The monoisotopic (exact) mass is 354 g/mol. The van der Waals surface area contributed by atoms with Gasteiger partial charge in [0.2, 0.25) is 0 Å². The summed E-state index contributed by atoms with van der Waals surface area (Å²) >= 11 is 1.24. The number of nitrogens with zero attached hydrogens (tertiary/aromatic N) is 1. The number of thiophene rings is 1. The number of rotatable bonds is 2. The molecule has 4 heterocycles. The summed E-state index contributed by atoms with van der Waals surface area (Å²) in [5, 5.41) is 3.55. The molecule has 1 aromatic heterocycles. The lowest BCUT2D eigenvalue weighted by Gasteiger charge is -2.44. The molecule has 0 spiro atoms. The van der Waals surface area contributed by atoms with Crippen LogP contribution in [0.1, 0.15) is 28.1 Å². The van der Waals surface area contributed by atoms with Crippen LogP contribution in [0.4, 0.5) is 13.2 Å². The largest absolute Gasteiger partial charge is 0.416 e. The van der Waals surface area contributed by atoms with Crippen LogP contribution in [0.15, 0.2) is 24.3 Å². The van der Waals surface area contributed by atoms with Crippen molar-refractivity contribution < 1.29 is 18.0 Å². The number of halogens is 3. The number of carbonyl (C=O) groups is 1. The Labute approximate surface area is 141 Å². The summed E-state index contributed by atoms with van der Waals surface area (Å²) in [6.07, 6.45) is -2.16. The molecule has 2 bridgehead atoms. The van der Waals surface area contributed by atoms with Gasteiger partial charge < -0.3 is 10.2 Å². The van der Waals surface area contributed by atoms with E-state index in [-0.39, 0.29) is 11.9 Å². The number of hydrogen-bond donors (Lipinski definition) is 1. The Bertz CT molecular complexity index is 778. The van der Waals surface area contributed by atoms with Crippen LogP contribution in [0.5, 0.6) is 0 Å². The van der Waals surface area contributed by atoms with E-state index in [2.05, 4.69) is 10.2 Å². The topological polar surface area (TPSA) is 32.3 Å². The lowest BCUT2D eigenvalue weighted by molar-refractivity contribution is -0.137. The summed E-state index contributed by atoms with van der Waals surface area (Å²) in [6.45, 7) is 3.07. The number of benzene rings is 1. The molecular formula is C17H17F3N2OS. The van der Waals surface area contributed by atoms with Gasteiger partial charge in [-0.3, -0.25) is 4.79 Å². The fraction of sp³-hybridized carbons (Fsp3) is 0.471. The number of hydrogen-bond acceptors (Lipinski definition) is 3. The Hall–Kier alpha value is -1.60. The molecule has 0 aliphatic carbocycles. The van der Waals surface area contributed by atoms with Crippen LogP contribution >= 0.6 is 11.3 Å². The van der Waals surface area contributed by atoms with Crippen molar-refractivity contribution in [2.45, 2.75) is 25.1 Å². The quantitative estimate of drug-likeness (QED) is 0.891. The first kappa shape index (κ1) is 15.9. The molecule has 1 unspecified atom stereocenters. The highest BCUT2D eigenvalue weighted by Crippen LogP contribution is 2.34. The van der Waals surface area contributed by atoms with E-state index in [0.29, 0.717) is 20.9 Å². The van der Waals surface area contributed by atoms with Crippen LogP contribution in [0.2, 0.25) is 0 Å². The van der Waals surface area contributed by atoms with Gasteiger partial charge in [-0.2, -0.15) is 13.2 Å². The van der Waals surface area contributed by atoms with Crippen LogP contribution in [0.25, 0.3) is 10.1 Å². The summed E-state index contributed by atoms with van der Waals surface area (Å²) in [6, 6.07) is 5.32. The maximum absolute atomic E-state index is 12.8. The van der Waals surface area contributed by atoms with Crippen molar-refractivity contribution in [1.29, 1.82) is 0 Å². The Morgan fingerprint density at radius 2 is 1.96 bits per heavy atom. The van der Waals surface area contributed by atoms with E-state index in [1.807, 2.05) is 0 Å². The molecule has 24 heavy (non-hydrogen) atoms. The number of fused-ring (bicyclic) bond motifs is 4. The lowest BCUT2D eigenvalue weighted by atomic mass is 9.84. The average molecular weight is 354 g/mol. The van der Waals surface area contributed by atoms with Crippen LogP contribution in [0.3, 0.4) is 0 Å². The van der Waals surface area contributed by atoms with Gasteiger partial charge >= 0.3 is 6.18 Å². The zero-order chi connectivity index (χ0) is 16.9. The number of amides is 1. The third-order valence-corrected chi connectivity index (χ3v) is 6.15. The van der Waals surface area contributed by atoms with Crippen LogP contribution < -0.4 is 5.32 Å². The van der Waals surface area contributed by atoms with Crippen LogP contribution in [0, 0.1) is 5.92 Å². The van der Waals surface area contributed by atoms with E-state index >= 15 is 0 Å². The fourth-order valence-corrected chi connectivity index (χ4v) is 4.65. The normalized spacial score (nSPS) is 26.7. The van der Waals surface area contributed by atoms with Gasteiger partial charge in [-0.25, -0.2) is 0 Å². The Balaban J connectivity index is 1.54. The van der Waals surface area contributed by atoms with Gasteiger partial charge in [0.1, 0.15) is 0 Å². The molecule has 7 heteroatoms. The molecule has 2 aromatic rings. The summed E-state index contributed by atoms with van der Waals surface area (Å²) in [5.41, 5.74) is -0.683. The Morgan fingerprint density at radius 3 is 2.58 bits per heavy atom. The first-order valence-electron chi connectivity index (χ1n) is 8.04. The summed E-state index contributed by atoms with van der Waals surface area (Å²) in [4.78, 5) is 15.3. The van der Waals surface area contributed by atoms with Crippen LogP contribution in [-0.4, -0.2) is 36.5 Å². The fourth-order valence-electron chi connectivity index (χ4n) is 3.70. The minimum atomic E-state index is -4.37. The second kappa shape index (κ2) is 5.74. The average Bonchev–Trinajstić information content (AvgIpc) is 2.98. The molecule has 0 radical (unpaired) electrons. The first-order chi connectivity index (χ1) is 11.4. The number of piperidine rings is 3. The molecule has 1 N–H and O–H groups in total. The van der Waals surface area contributed by atoms with E-state index in [0.717, 1.165) is 44.6 Å². The summed E-state index contributed by atoms with van der Waals surface area (Å²) in [7, 11) is 0. The standard InChI is InChI=1S/C17H17F3N2OS/c18-17(19,20)12-1-2-14-11(7-12)8-15(24-14)16(23)21-13-9-22-5-3-10(13)4-6-22/h1-2,7-8,10,13H,3-6,9H2,(H,21,23). The molecule has 3 fully saturated rings. The molecule has 0 saturated carbocycles. The zero-order valence-electron chi connectivity index (χ0n) is 12.9. The number of alkyl halides is 3. The third kappa shape index (κ3) is 2.91. The molecule has 3 aliphatic heterocycles. The SMILES string of the molecule is O=C(NC1CN2CCC1CC2)c1cc2cc(C(F)(F)F)ccc2s1. The van der Waals surface area contributed by atoms with Gasteiger partial charge in [-0.15, -0.1) is 11.3 Å². The summed E-state index contributed by atoms with van der Waals surface area (Å²) in [5.74, 6) is 0.341. The van der Waals surface area contributed by atoms with Crippen molar-refractivity contribution in [2.24, 2.45) is 5.92 Å². The maximum atomic E-state index is 12.8. The van der Waals surface area contributed by atoms with Crippen molar-refractivity contribution in [1.82, 2.24) is 10.2 Å². The van der Waals surface area contributed by atoms with Crippen molar-refractivity contribution in [3.63, 3.8) is 0 Å². The third-order valence-electron chi connectivity index (χ3n) is 5.04. The molecule has 3 saturated heterocycles. The molecule has 1 aromatic carbocycles. The van der Waals surface area contributed by atoms with Crippen molar-refractivity contribution >= 4 is 27.3 Å². The maximum Gasteiger partial charge on any atom is 0.416 e. The highest BCUT2D eigenvalue weighted by atomic mass is 32.1.